The highest BCUT2D eigenvalue weighted by atomic mass is 15.2. The van der Waals surface area contributed by atoms with Crippen molar-refractivity contribution in [1.82, 2.24) is 22.8 Å². The monoisotopic (exact) mass is 1660 g/mol. The summed E-state index contributed by atoms with van der Waals surface area (Å²) in [6, 6.07) is 106. The lowest BCUT2D eigenvalue weighted by Gasteiger charge is -2.30. The fourth-order valence-corrected chi connectivity index (χ4v) is 20.7. The van der Waals surface area contributed by atoms with Gasteiger partial charge in [-0.3, -0.25) is 0 Å². The van der Waals surface area contributed by atoms with E-state index in [9.17, 15) is 0 Å². The molecule has 22 aromatic rings. The first-order valence-electron chi connectivity index (χ1n) is 45.7. The summed E-state index contributed by atoms with van der Waals surface area (Å²) in [6.45, 7) is 26.6. The van der Waals surface area contributed by atoms with Crippen LogP contribution >= 0.6 is 0 Å². The second-order valence-corrected chi connectivity index (χ2v) is 35.6. The molecule has 10 heteroatoms. The Hall–Kier alpha value is -14.6. The molecular weight excluding hydrogens is 1550 g/mol. The molecule has 0 bridgehead atoms. The number of rotatable bonds is 6. The van der Waals surface area contributed by atoms with E-state index in [2.05, 4.69) is 457 Å². The normalized spacial score (nSPS) is 12.6. The van der Waals surface area contributed by atoms with Crippen molar-refractivity contribution in [2.75, 3.05) is 0 Å². The Kier molecular flexibility index (Phi) is 20.1. The Morgan fingerprint density at radius 2 is 0.591 bits per heavy atom. The van der Waals surface area contributed by atoms with Gasteiger partial charge in [-0.1, -0.05) is 172 Å². The Morgan fingerprint density at radius 3 is 1.03 bits per heavy atom. The van der Waals surface area contributed by atoms with E-state index in [0.717, 1.165) is 16.9 Å². The highest BCUT2D eigenvalue weighted by Crippen LogP contribution is 2.48. The van der Waals surface area contributed by atoms with Crippen molar-refractivity contribution in [3.8, 4) is 51.3 Å². The summed E-state index contributed by atoms with van der Waals surface area (Å²) in [5, 5.41) is 12.9. The molecule has 0 saturated carbocycles. The van der Waals surface area contributed by atoms with Gasteiger partial charge in [0.15, 0.2) is 0 Å². The van der Waals surface area contributed by atoms with Gasteiger partial charge in [-0.15, -0.1) is 0 Å². The van der Waals surface area contributed by atoms with Gasteiger partial charge in [-0.05, 0) is 276 Å². The van der Waals surface area contributed by atoms with Gasteiger partial charge in [0.1, 0.15) is 55.2 Å². The Balaban J connectivity index is 0.000000106. The maximum atomic E-state index is 7.62. The van der Waals surface area contributed by atoms with Crippen LogP contribution in [0, 0.1) is 83.0 Å². The zero-order valence-corrected chi connectivity index (χ0v) is 76.1. The molecule has 127 heavy (non-hydrogen) atoms. The van der Waals surface area contributed by atoms with Crippen molar-refractivity contribution in [3.05, 3.63) is 406 Å². The minimum absolute atomic E-state index is 0.00779. The molecule has 624 valence electrons. The molecule has 11 heterocycles. The van der Waals surface area contributed by atoms with Crippen molar-refractivity contribution in [2.24, 2.45) is 35.2 Å². The molecule has 0 fully saturated rings. The lowest BCUT2D eigenvalue weighted by atomic mass is 9.75. The molecule has 0 radical (unpaired) electrons. The maximum Gasteiger partial charge on any atom is 0.290 e. The number of hydrogen-bond acceptors (Lipinski definition) is 0. The van der Waals surface area contributed by atoms with E-state index in [1.54, 1.807) is 12.3 Å². The summed E-state index contributed by atoms with van der Waals surface area (Å²) in [7, 11) is 10.5. The summed E-state index contributed by atoms with van der Waals surface area (Å²) in [5.74, 6) is 5.77. The molecule has 0 amide bonds. The number of aryl methyl sites for hydroxylation is 17. The van der Waals surface area contributed by atoms with Crippen LogP contribution in [-0.4, -0.2) is 22.8 Å². The molecule has 10 nitrogen and oxygen atoms in total. The lowest BCUT2D eigenvalue weighted by Crippen LogP contribution is -2.40. The third-order valence-corrected chi connectivity index (χ3v) is 26.7. The summed E-state index contributed by atoms with van der Waals surface area (Å²) in [6.07, 6.45) is 10.5. The number of benzene rings is 12. The highest BCUT2D eigenvalue weighted by Gasteiger charge is 2.42. The van der Waals surface area contributed by atoms with Gasteiger partial charge in [0.25, 0.3) is 29.1 Å². The fourth-order valence-electron chi connectivity index (χ4n) is 20.7. The molecule has 0 unspecified atom stereocenters. The first kappa shape index (κ1) is 78.4. The number of aromatic nitrogens is 10. The predicted octanol–water partition coefficient (Wildman–Crippen LogP) is 25.7. The van der Waals surface area contributed by atoms with Crippen LogP contribution in [0.5, 0.6) is 0 Å². The molecule has 0 saturated heterocycles. The standard InChI is InChI=1S/C28H27N2.C27H25N2.C22H21N2.2C20H19N2/c1-18-10-8-11-19(2)27(18)24-17-29(5)26(16-21(24)4)30-25-15-7-6-13-22(25)23-14-9-12-20(3)28(23)30;1-18-9-7-10-19(2)26(18)21-15-16-25(28(4)17-21)29-24-14-6-5-12-22(24)23-13-8-11-20(3)27(23)29;1-14-8-5-9-15-16-10-6-11-17-20(16)24(19(14)15)21-18(22(17,2)3)12-7-13-23(21)4;1-14-11-12-21(3)19(13-14)22-18-10-5-4-8-16(18)17-9-6-7-15(2)20(17)22;1-14-11-12-19(21(3)13-14)22-18-10-5-4-8-16(18)17-9-6-7-15(2)20(17)22/h6-17H,1-5H3;5-17H,1-4H3;5-13H,1-4H3;2*4-13H,1-3H3/q5*+1/i;;;;1D3. The Bertz CT molecular complexity index is 8300. The largest absolute Gasteiger partial charge is 0.290 e. The van der Waals surface area contributed by atoms with Crippen LogP contribution in [0.3, 0.4) is 0 Å². The van der Waals surface area contributed by atoms with E-state index in [-0.39, 0.29) is 5.41 Å². The second-order valence-electron chi connectivity index (χ2n) is 35.6. The maximum absolute atomic E-state index is 7.62. The third kappa shape index (κ3) is 13.8. The molecule has 10 aromatic heterocycles. The van der Waals surface area contributed by atoms with E-state index in [1.807, 2.05) is 29.8 Å². The number of hydrogen-bond donors (Lipinski definition) is 0. The molecule has 1 aliphatic rings. The smallest absolute Gasteiger partial charge is 0.237 e. The number of fused-ring (bicyclic) bond motifs is 17. The zero-order valence-electron chi connectivity index (χ0n) is 79.1. The summed E-state index contributed by atoms with van der Waals surface area (Å²) < 4.78 is 45.6. The van der Waals surface area contributed by atoms with Gasteiger partial charge in [0.2, 0.25) is 0 Å². The van der Waals surface area contributed by atoms with Crippen LogP contribution in [0.25, 0.3) is 160 Å². The number of nitrogens with zero attached hydrogens (tertiary/aromatic N) is 10. The van der Waals surface area contributed by atoms with Crippen LogP contribution < -0.4 is 22.8 Å². The Labute approximate surface area is 749 Å². The van der Waals surface area contributed by atoms with Crippen LogP contribution in [0.1, 0.15) is 95.8 Å². The average Bonchev–Trinajstić information content (AvgIpc) is 1.52. The van der Waals surface area contributed by atoms with Crippen LogP contribution in [0.2, 0.25) is 0 Å². The van der Waals surface area contributed by atoms with Gasteiger partial charge in [-0.2, -0.15) is 22.8 Å². The van der Waals surface area contributed by atoms with Crippen molar-refractivity contribution >= 4 is 109 Å². The van der Waals surface area contributed by atoms with E-state index >= 15 is 0 Å². The molecule has 0 atom stereocenters. The van der Waals surface area contributed by atoms with E-state index in [1.165, 1.54) is 216 Å². The topological polar surface area (TPSA) is 44.0 Å². The summed E-state index contributed by atoms with van der Waals surface area (Å²) in [5.41, 5.74) is 35.1. The number of pyridine rings is 5. The molecular formula is C117H111N10+5. The first-order valence-corrected chi connectivity index (χ1v) is 44.2. The van der Waals surface area contributed by atoms with E-state index < -0.39 is 6.85 Å². The van der Waals surface area contributed by atoms with Gasteiger partial charge in [0, 0.05) is 104 Å². The lowest BCUT2D eigenvalue weighted by molar-refractivity contribution is -0.666. The fraction of sp³-hybridized carbons (Fsp3) is 0.171. The zero-order chi connectivity index (χ0) is 90.8. The van der Waals surface area contributed by atoms with Crippen molar-refractivity contribution in [2.45, 2.75) is 102 Å². The van der Waals surface area contributed by atoms with Gasteiger partial charge >= 0.3 is 0 Å². The molecule has 0 aliphatic carbocycles. The summed E-state index contributed by atoms with van der Waals surface area (Å²) in [4.78, 5) is 0. The minimum Gasteiger partial charge on any atom is -0.237 e. The van der Waals surface area contributed by atoms with Gasteiger partial charge in [0.05, 0.1) is 71.8 Å². The van der Waals surface area contributed by atoms with Crippen molar-refractivity contribution in [1.29, 1.82) is 0 Å². The second kappa shape index (κ2) is 32.5. The SMILES string of the molecule is Cc1cc(-n2c3ccccc3c3cccc(C)c32)[n+](C)cc1-c1c(C)cccc1C.Cc1cc[n+](C)c(-n2c3ccccc3c3cccc(C)c32)c1.Cc1cccc(C)c1-c1ccc(-n2c3ccccc3c3cccc(C)c32)[n+](C)c1.Cc1cccc2c3cccc4c3n(c12)-c1c(ccc[n+]1C)C4(C)C.[2H]C([2H])([2H])c1ccc(-n2c3ccccc3c3cccc(C)c32)[n+](C)c1. The molecule has 0 spiro atoms. The Morgan fingerprint density at radius 1 is 0.244 bits per heavy atom. The number of para-hydroxylation sites is 10. The third-order valence-electron chi connectivity index (χ3n) is 26.7. The van der Waals surface area contributed by atoms with Crippen molar-refractivity contribution in [3.63, 3.8) is 0 Å². The van der Waals surface area contributed by atoms with Crippen LogP contribution in [0.15, 0.2) is 328 Å². The van der Waals surface area contributed by atoms with Gasteiger partial charge < -0.3 is 0 Å². The molecule has 1 aliphatic heterocycles. The first-order chi connectivity index (χ1) is 62.6. The molecule has 12 aromatic carbocycles. The highest BCUT2D eigenvalue weighted by molar-refractivity contribution is 6.15. The van der Waals surface area contributed by atoms with E-state index in [4.69, 9.17) is 4.11 Å². The van der Waals surface area contributed by atoms with Crippen LogP contribution in [-0.2, 0) is 40.7 Å². The predicted molar refractivity (Wildman–Crippen MR) is 530 cm³/mol. The average molecular weight is 1660 g/mol. The van der Waals surface area contributed by atoms with Crippen LogP contribution in [0.4, 0.5) is 0 Å². The molecule has 0 N–H and O–H groups in total. The molecule has 23 rings (SSSR count). The van der Waals surface area contributed by atoms with Gasteiger partial charge in [-0.25, -0.2) is 22.8 Å². The summed E-state index contributed by atoms with van der Waals surface area (Å²) >= 11 is 0. The minimum atomic E-state index is -2.10. The van der Waals surface area contributed by atoms with Crippen molar-refractivity contribution < 1.29 is 26.9 Å². The van der Waals surface area contributed by atoms with E-state index in [0.29, 0.717) is 5.56 Å². The quantitative estimate of drug-likeness (QED) is 0.149.